The van der Waals surface area contributed by atoms with Gasteiger partial charge in [0.25, 0.3) is 0 Å². The Morgan fingerprint density at radius 1 is 1.05 bits per heavy atom. The van der Waals surface area contributed by atoms with Crippen molar-refractivity contribution < 1.29 is 4.74 Å². The van der Waals surface area contributed by atoms with Crippen LogP contribution >= 0.6 is 23.2 Å². The molecule has 0 unspecified atom stereocenters. The molecule has 0 N–H and O–H groups in total. The van der Waals surface area contributed by atoms with E-state index in [1.54, 1.807) is 6.07 Å². The van der Waals surface area contributed by atoms with Gasteiger partial charge >= 0.3 is 0 Å². The van der Waals surface area contributed by atoms with Crippen molar-refractivity contribution in [3.05, 3.63) is 52.3 Å². The zero-order valence-electron chi connectivity index (χ0n) is 11.5. The monoisotopic (exact) mass is 318 g/mol. The minimum atomic E-state index is 0.429. The topological polar surface area (TPSA) is 35.0 Å². The van der Waals surface area contributed by atoms with Crippen LogP contribution in [0.1, 0.15) is 5.82 Å². The summed E-state index contributed by atoms with van der Waals surface area (Å²) in [5.74, 6) is 1.11. The van der Waals surface area contributed by atoms with Gasteiger partial charge < -0.3 is 4.74 Å². The number of hydrogen-bond acceptors (Lipinski definition) is 3. The first-order valence-corrected chi connectivity index (χ1v) is 7.13. The van der Waals surface area contributed by atoms with Gasteiger partial charge in [-0.1, -0.05) is 53.5 Å². The van der Waals surface area contributed by atoms with E-state index in [4.69, 9.17) is 27.9 Å². The number of nitrogens with zero attached hydrogens (tertiary/aromatic N) is 2. The van der Waals surface area contributed by atoms with Gasteiger partial charge in [0.2, 0.25) is 0 Å². The number of ether oxygens (including phenoxy) is 1. The number of hydrogen-bond donors (Lipinski definition) is 0. The van der Waals surface area contributed by atoms with Crippen molar-refractivity contribution in [1.29, 1.82) is 0 Å². The van der Waals surface area contributed by atoms with E-state index in [0.29, 0.717) is 27.1 Å². The standard InChI is InChI=1S/C16H12Cl2N2O/c1-9-19-12-8-11(17)16(21-2)14(18)13(12)15(20-9)10-6-4-3-5-7-10/h3-8H,1-2H3. The second-order valence-electron chi connectivity index (χ2n) is 4.59. The molecular formula is C16H12Cl2N2O. The van der Waals surface area contributed by atoms with Crippen LogP contribution in [0.25, 0.3) is 22.2 Å². The maximum atomic E-state index is 6.46. The third-order valence-corrected chi connectivity index (χ3v) is 3.84. The zero-order chi connectivity index (χ0) is 15.0. The van der Waals surface area contributed by atoms with E-state index < -0.39 is 0 Å². The lowest BCUT2D eigenvalue weighted by molar-refractivity contribution is 0.416. The van der Waals surface area contributed by atoms with E-state index in [2.05, 4.69) is 9.97 Å². The van der Waals surface area contributed by atoms with Gasteiger partial charge in [-0.2, -0.15) is 0 Å². The van der Waals surface area contributed by atoms with Crippen molar-refractivity contribution in [2.24, 2.45) is 0 Å². The van der Waals surface area contributed by atoms with Gasteiger partial charge in [0.05, 0.1) is 28.4 Å². The molecular weight excluding hydrogens is 307 g/mol. The van der Waals surface area contributed by atoms with Crippen LogP contribution in [0.2, 0.25) is 10.0 Å². The lowest BCUT2D eigenvalue weighted by atomic mass is 10.1. The second kappa shape index (κ2) is 5.51. The molecule has 106 valence electrons. The lowest BCUT2D eigenvalue weighted by Gasteiger charge is -2.12. The van der Waals surface area contributed by atoms with E-state index in [-0.39, 0.29) is 0 Å². The molecule has 0 aliphatic rings. The highest BCUT2D eigenvalue weighted by atomic mass is 35.5. The van der Waals surface area contributed by atoms with Crippen molar-refractivity contribution in [1.82, 2.24) is 9.97 Å². The molecule has 0 radical (unpaired) electrons. The highest BCUT2D eigenvalue weighted by Crippen LogP contribution is 2.41. The fourth-order valence-corrected chi connectivity index (χ4v) is 3.00. The summed E-state index contributed by atoms with van der Waals surface area (Å²) in [6, 6.07) is 11.6. The van der Waals surface area contributed by atoms with Crippen LogP contribution in [0.15, 0.2) is 36.4 Å². The molecule has 3 rings (SSSR count). The number of aromatic nitrogens is 2. The van der Waals surface area contributed by atoms with Gasteiger partial charge in [-0.05, 0) is 13.0 Å². The van der Waals surface area contributed by atoms with E-state index in [1.165, 1.54) is 7.11 Å². The van der Waals surface area contributed by atoms with Crippen molar-refractivity contribution in [3.63, 3.8) is 0 Å². The molecule has 3 aromatic rings. The minimum absolute atomic E-state index is 0.429. The average Bonchev–Trinajstić information content (AvgIpc) is 2.47. The third-order valence-electron chi connectivity index (χ3n) is 3.20. The predicted molar refractivity (Wildman–Crippen MR) is 86.3 cm³/mol. The number of fused-ring (bicyclic) bond motifs is 1. The zero-order valence-corrected chi connectivity index (χ0v) is 13.0. The summed E-state index contributed by atoms with van der Waals surface area (Å²) in [5, 5.41) is 1.61. The van der Waals surface area contributed by atoms with Crippen LogP contribution < -0.4 is 4.74 Å². The molecule has 0 aliphatic carbocycles. The van der Waals surface area contributed by atoms with E-state index in [9.17, 15) is 0 Å². The Morgan fingerprint density at radius 2 is 1.76 bits per heavy atom. The predicted octanol–water partition coefficient (Wildman–Crippen LogP) is 4.92. The summed E-state index contributed by atoms with van der Waals surface area (Å²) >= 11 is 12.7. The van der Waals surface area contributed by atoms with Gasteiger partial charge in [-0.3, -0.25) is 0 Å². The maximum Gasteiger partial charge on any atom is 0.156 e. The molecule has 1 aromatic heterocycles. The van der Waals surface area contributed by atoms with Crippen molar-refractivity contribution in [2.75, 3.05) is 7.11 Å². The van der Waals surface area contributed by atoms with Gasteiger partial charge in [-0.15, -0.1) is 0 Å². The fraction of sp³-hybridized carbons (Fsp3) is 0.125. The Labute approximate surface area is 132 Å². The van der Waals surface area contributed by atoms with Crippen LogP contribution in [0, 0.1) is 6.92 Å². The van der Waals surface area contributed by atoms with Crippen LogP contribution in [0.3, 0.4) is 0 Å². The largest absolute Gasteiger partial charge is 0.494 e. The molecule has 0 amide bonds. The molecule has 1 heterocycles. The van der Waals surface area contributed by atoms with Crippen LogP contribution in [0.5, 0.6) is 5.75 Å². The Kier molecular flexibility index (Phi) is 3.70. The van der Waals surface area contributed by atoms with E-state index in [1.807, 2.05) is 37.3 Å². The van der Waals surface area contributed by atoms with Crippen LogP contribution in [0.4, 0.5) is 0 Å². The molecule has 0 aliphatic heterocycles. The Balaban J connectivity index is 2.44. The average molecular weight is 319 g/mol. The maximum absolute atomic E-state index is 6.46. The molecule has 21 heavy (non-hydrogen) atoms. The number of benzene rings is 2. The van der Waals surface area contributed by atoms with Gasteiger partial charge in [-0.25, -0.2) is 9.97 Å². The normalized spacial score (nSPS) is 10.9. The van der Waals surface area contributed by atoms with E-state index in [0.717, 1.165) is 16.6 Å². The molecule has 0 fully saturated rings. The molecule has 0 bridgehead atoms. The molecule has 3 nitrogen and oxygen atoms in total. The van der Waals surface area contributed by atoms with Gasteiger partial charge in [0.1, 0.15) is 5.82 Å². The Bertz CT molecular complexity index is 820. The molecule has 0 saturated carbocycles. The highest BCUT2D eigenvalue weighted by Gasteiger charge is 2.17. The summed E-state index contributed by atoms with van der Waals surface area (Å²) < 4.78 is 5.29. The quantitative estimate of drug-likeness (QED) is 0.672. The lowest BCUT2D eigenvalue weighted by Crippen LogP contribution is -1.96. The van der Waals surface area contributed by atoms with Crippen molar-refractivity contribution in [3.8, 4) is 17.0 Å². The molecule has 0 atom stereocenters. The molecule has 5 heteroatoms. The molecule has 0 saturated heterocycles. The number of methoxy groups -OCH3 is 1. The first kappa shape index (κ1) is 14.1. The van der Waals surface area contributed by atoms with Crippen molar-refractivity contribution >= 4 is 34.1 Å². The summed E-state index contributed by atoms with van der Waals surface area (Å²) in [5.41, 5.74) is 2.45. The second-order valence-corrected chi connectivity index (χ2v) is 5.37. The highest BCUT2D eigenvalue weighted by molar-refractivity contribution is 6.41. The Hall–Kier alpha value is -1.84. The number of rotatable bonds is 2. The number of aryl methyl sites for hydroxylation is 1. The van der Waals surface area contributed by atoms with Crippen molar-refractivity contribution in [2.45, 2.75) is 6.92 Å². The van der Waals surface area contributed by atoms with Gasteiger partial charge in [0, 0.05) is 10.9 Å². The third kappa shape index (κ3) is 2.43. The molecule has 2 aromatic carbocycles. The minimum Gasteiger partial charge on any atom is -0.494 e. The summed E-state index contributed by atoms with van der Waals surface area (Å²) in [6.45, 7) is 1.85. The Morgan fingerprint density at radius 3 is 2.43 bits per heavy atom. The fourth-order valence-electron chi connectivity index (χ4n) is 2.31. The summed E-state index contributed by atoms with van der Waals surface area (Å²) in [7, 11) is 1.54. The van der Waals surface area contributed by atoms with Gasteiger partial charge in [0.15, 0.2) is 5.75 Å². The first-order valence-electron chi connectivity index (χ1n) is 6.37. The summed E-state index contributed by atoms with van der Waals surface area (Å²) in [6.07, 6.45) is 0. The SMILES string of the molecule is COc1c(Cl)cc2nc(C)nc(-c3ccccc3)c2c1Cl. The molecule has 0 spiro atoms. The van der Waals surface area contributed by atoms with E-state index >= 15 is 0 Å². The summed E-state index contributed by atoms with van der Waals surface area (Å²) in [4.78, 5) is 8.97. The smallest absolute Gasteiger partial charge is 0.156 e. The first-order chi connectivity index (χ1) is 10.1. The van der Waals surface area contributed by atoms with Crippen LogP contribution in [-0.4, -0.2) is 17.1 Å². The van der Waals surface area contributed by atoms with Crippen LogP contribution in [-0.2, 0) is 0 Å². The number of halogens is 2.